The number of hydrogen-bond acceptors (Lipinski definition) is 3. The fourth-order valence-corrected chi connectivity index (χ4v) is 3.29. The molecule has 0 amide bonds. The van der Waals surface area contributed by atoms with Crippen LogP contribution in [0.4, 0.5) is 18.9 Å². The van der Waals surface area contributed by atoms with E-state index < -0.39 is 11.7 Å². The molecule has 3 nitrogen and oxygen atoms in total. The van der Waals surface area contributed by atoms with E-state index in [-0.39, 0.29) is 5.02 Å². The van der Waals surface area contributed by atoms with Crippen LogP contribution in [-0.4, -0.2) is 36.1 Å². The summed E-state index contributed by atoms with van der Waals surface area (Å²) in [4.78, 5) is 8.22. The number of benzene rings is 1. The first kappa shape index (κ1) is 18.3. The number of hydrogen-bond donors (Lipinski definition) is 0. The quantitative estimate of drug-likeness (QED) is 0.756. The molecule has 0 saturated carbocycles. The smallest absolute Gasteiger partial charge is 0.368 e. The van der Waals surface area contributed by atoms with Crippen LogP contribution in [0.25, 0.3) is 0 Å². The summed E-state index contributed by atoms with van der Waals surface area (Å²) in [5, 5.41) is 0.756. The molecule has 1 aliphatic heterocycles. The summed E-state index contributed by atoms with van der Waals surface area (Å²) in [6, 6.07) is 8.60. The Morgan fingerprint density at radius 3 is 2.28 bits per heavy atom. The van der Waals surface area contributed by atoms with Crippen molar-refractivity contribution >= 4 is 28.9 Å². The lowest BCUT2D eigenvalue weighted by Gasteiger charge is -2.36. The number of halogens is 5. The summed E-state index contributed by atoms with van der Waals surface area (Å²) in [7, 11) is 0. The van der Waals surface area contributed by atoms with Crippen molar-refractivity contribution in [3.05, 3.63) is 57.8 Å². The molecule has 1 fully saturated rings. The van der Waals surface area contributed by atoms with Crippen LogP contribution in [0.5, 0.6) is 0 Å². The average Bonchev–Trinajstić information content (AvgIpc) is 2.57. The summed E-state index contributed by atoms with van der Waals surface area (Å²) in [6.45, 7) is 3.49. The second-order valence-electron chi connectivity index (χ2n) is 5.86. The van der Waals surface area contributed by atoms with Crippen LogP contribution in [-0.2, 0) is 12.7 Å². The fourth-order valence-electron chi connectivity index (χ4n) is 2.80. The Labute approximate surface area is 154 Å². The molecule has 0 unspecified atom stereocenters. The van der Waals surface area contributed by atoms with Crippen molar-refractivity contribution in [1.29, 1.82) is 0 Å². The predicted octanol–water partition coefficient (Wildman–Crippen LogP) is 4.73. The van der Waals surface area contributed by atoms with E-state index in [2.05, 4.69) is 14.8 Å². The minimum absolute atomic E-state index is 0.0448. The fraction of sp³-hybridized carbons (Fsp3) is 0.353. The van der Waals surface area contributed by atoms with Crippen molar-refractivity contribution in [2.24, 2.45) is 0 Å². The molecule has 0 aliphatic carbocycles. The molecule has 0 N–H and O–H groups in total. The number of para-hydroxylation sites is 1. The maximum absolute atomic E-state index is 12.7. The molecule has 0 bridgehead atoms. The van der Waals surface area contributed by atoms with Gasteiger partial charge in [0.2, 0.25) is 0 Å². The highest BCUT2D eigenvalue weighted by Crippen LogP contribution is 2.31. The minimum Gasteiger partial charge on any atom is -0.368 e. The lowest BCUT2D eigenvalue weighted by molar-refractivity contribution is -0.137. The second-order valence-corrected chi connectivity index (χ2v) is 6.68. The Hall–Kier alpha value is -1.50. The maximum atomic E-state index is 12.7. The number of alkyl halides is 3. The van der Waals surface area contributed by atoms with Gasteiger partial charge in [-0.1, -0.05) is 35.3 Å². The van der Waals surface area contributed by atoms with E-state index in [0.717, 1.165) is 44.1 Å². The van der Waals surface area contributed by atoms with Gasteiger partial charge in [0.05, 0.1) is 27.0 Å². The predicted molar refractivity (Wildman–Crippen MR) is 93.2 cm³/mol. The Balaban J connectivity index is 1.62. The van der Waals surface area contributed by atoms with Gasteiger partial charge in [0.1, 0.15) is 0 Å². The van der Waals surface area contributed by atoms with E-state index in [1.165, 1.54) is 0 Å². The highest BCUT2D eigenvalue weighted by molar-refractivity contribution is 6.33. The molecule has 0 radical (unpaired) electrons. The molecule has 2 aromatic rings. The van der Waals surface area contributed by atoms with Gasteiger partial charge in [-0.3, -0.25) is 9.88 Å². The number of pyridine rings is 1. The molecule has 8 heteroatoms. The van der Waals surface area contributed by atoms with Gasteiger partial charge >= 0.3 is 6.18 Å². The zero-order chi connectivity index (χ0) is 18.0. The monoisotopic (exact) mass is 389 g/mol. The summed E-state index contributed by atoms with van der Waals surface area (Å²) >= 11 is 12.2. The Kier molecular flexibility index (Phi) is 5.41. The van der Waals surface area contributed by atoms with Gasteiger partial charge in [0, 0.05) is 38.9 Å². The normalized spacial score (nSPS) is 16.3. The first-order valence-corrected chi connectivity index (χ1v) is 8.53. The van der Waals surface area contributed by atoms with Gasteiger partial charge in [-0.05, 0) is 18.2 Å². The van der Waals surface area contributed by atoms with E-state index in [1.807, 2.05) is 24.3 Å². The maximum Gasteiger partial charge on any atom is 0.417 e. The molecule has 1 saturated heterocycles. The van der Waals surface area contributed by atoms with Crippen LogP contribution < -0.4 is 4.90 Å². The molecule has 1 aromatic carbocycles. The number of aromatic nitrogens is 1. The largest absolute Gasteiger partial charge is 0.417 e. The van der Waals surface area contributed by atoms with E-state index >= 15 is 0 Å². The topological polar surface area (TPSA) is 19.4 Å². The molecule has 3 rings (SSSR count). The van der Waals surface area contributed by atoms with E-state index in [1.54, 1.807) is 0 Å². The molecular formula is C17H16Cl2F3N3. The van der Waals surface area contributed by atoms with Gasteiger partial charge in [-0.15, -0.1) is 0 Å². The second kappa shape index (κ2) is 7.40. The number of anilines is 1. The highest BCUT2D eigenvalue weighted by atomic mass is 35.5. The van der Waals surface area contributed by atoms with Crippen molar-refractivity contribution in [2.45, 2.75) is 12.7 Å². The Morgan fingerprint density at radius 1 is 1.00 bits per heavy atom. The van der Waals surface area contributed by atoms with Crippen LogP contribution in [0, 0.1) is 0 Å². The molecule has 0 atom stereocenters. The summed E-state index contributed by atoms with van der Waals surface area (Å²) in [5.41, 5.74) is 0.625. The summed E-state index contributed by atoms with van der Waals surface area (Å²) < 4.78 is 38.0. The van der Waals surface area contributed by atoms with Crippen molar-refractivity contribution in [1.82, 2.24) is 9.88 Å². The standard InChI is InChI=1S/C17H16Cl2F3N3/c18-13-3-1-2-4-16(13)25-7-5-24(6-8-25)11-15-14(19)9-12(10-23-15)17(20,21)22/h1-4,9-10H,5-8,11H2. The third-order valence-electron chi connectivity index (χ3n) is 4.18. The molecule has 25 heavy (non-hydrogen) atoms. The minimum atomic E-state index is -4.43. The molecule has 2 heterocycles. The molecule has 0 spiro atoms. The third kappa shape index (κ3) is 4.37. The van der Waals surface area contributed by atoms with Crippen molar-refractivity contribution < 1.29 is 13.2 Å². The lowest BCUT2D eigenvalue weighted by atomic mass is 10.2. The van der Waals surface area contributed by atoms with Gasteiger partial charge in [-0.2, -0.15) is 13.2 Å². The van der Waals surface area contributed by atoms with Crippen LogP contribution in [0.15, 0.2) is 36.5 Å². The van der Waals surface area contributed by atoms with E-state index in [0.29, 0.717) is 17.3 Å². The van der Waals surface area contributed by atoms with Crippen molar-refractivity contribution in [3.63, 3.8) is 0 Å². The SMILES string of the molecule is FC(F)(F)c1cnc(CN2CCN(c3ccccc3Cl)CC2)c(Cl)c1. The lowest BCUT2D eigenvalue weighted by Crippen LogP contribution is -2.46. The molecule has 1 aromatic heterocycles. The van der Waals surface area contributed by atoms with E-state index in [9.17, 15) is 13.2 Å². The van der Waals surface area contributed by atoms with Crippen molar-refractivity contribution in [3.8, 4) is 0 Å². The number of rotatable bonds is 3. The first-order chi connectivity index (χ1) is 11.8. The molecular weight excluding hydrogens is 374 g/mol. The highest BCUT2D eigenvalue weighted by Gasteiger charge is 2.31. The number of nitrogens with zero attached hydrogens (tertiary/aromatic N) is 3. The van der Waals surface area contributed by atoms with Crippen LogP contribution in [0.1, 0.15) is 11.3 Å². The van der Waals surface area contributed by atoms with Gasteiger partial charge in [0.15, 0.2) is 0 Å². The first-order valence-electron chi connectivity index (χ1n) is 7.78. The number of piperazine rings is 1. The third-order valence-corrected chi connectivity index (χ3v) is 4.83. The van der Waals surface area contributed by atoms with E-state index in [4.69, 9.17) is 23.2 Å². The van der Waals surface area contributed by atoms with Gasteiger partial charge < -0.3 is 4.90 Å². The van der Waals surface area contributed by atoms with Gasteiger partial charge in [0.25, 0.3) is 0 Å². The zero-order valence-electron chi connectivity index (χ0n) is 13.2. The summed E-state index contributed by atoms with van der Waals surface area (Å²) in [5.74, 6) is 0. The van der Waals surface area contributed by atoms with Crippen LogP contribution in [0.3, 0.4) is 0 Å². The van der Waals surface area contributed by atoms with Crippen LogP contribution in [0.2, 0.25) is 10.0 Å². The molecule has 134 valence electrons. The average molecular weight is 390 g/mol. The van der Waals surface area contributed by atoms with Crippen molar-refractivity contribution in [2.75, 3.05) is 31.1 Å². The Bertz CT molecular complexity index is 744. The van der Waals surface area contributed by atoms with Gasteiger partial charge in [-0.25, -0.2) is 0 Å². The summed E-state index contributed by atoms with van der Waals surface area (Å²) in [6.07, 6.45) is -3.60. The van der Waals surface area contributed by atoms with Crippen LogP contribution >= 0.6 is 23.2 Å². The zero-order valence-corrected chi connectivity index (χ0v) is 14.7. The molecule has 1 aliphatic rings. The Morgan fingerprint density at radius 2 is 1.68 bits per heavy atom.